The lowest BCUT2D eigenvalue weighted by atomic mass is 10.1. The van der Waals surface area contributed by atoms with Crippen molar-refractivity contribution in [2.45, 2.75) is 76.4 Å². The molecule has 1 aliphatic carbocycles. The van der Waals surface area contributed by atoms with Gasteiger partial charge >= 0.3 is 0 Å². The quantitative estimate of drug-likeness (QED) is 0.341. The summed E-state index contributed by atoms with van der Waals surface area (Å²) in [6.45, 7) is 5.44. The Hall–Kier alpha value is -3.65. The highest BCUT2D eigenvalue weighted by Gasteiger charge is 2.34. The Labute approximate surface area is 238 Å². The molecule has 0 unspecified atom stereocenters. The average molecular weight is 562 g/mol. The summed E-state index contributed by atoms with van der Waals surface area (Å²) in [6, 6.07) is 22.5. The van der Waals surface area contributed by atoms with Crippen molar-refractivity contribution >= 4 is 27.5 Å². The molecular weight excluding hydrogens is 522 g/mol. The standard InChI is InChI=1S/C32H39N3O4S/c1-4-30(32(37)33-27-15-11-12-16-27)34(22-26-13-7-5-8-14-26)31(36)23-35(28-20-24(2)19-25(3)21-28)40(38,39)29-17-9-6-10-18-29/h5-10,13-14,17-21,27,30H,4,11-12,15-16,22-23H2,1-3H3,(H,33,37)/t30-/m0/s1. The van der Waals surface area contributed by atoms with Gasteiger partial charge < -0.3 is 10.2 Å². The predicted molar refractivity (Wildman–Crippen MR) is 158 cm³/mol. The van der Waals surface area contributed by atoms with Crippen LogP contribution in [0.1, 0.15) is 55.7 Å². The van der Waals surface area contributed by atoms with E-state index in [2.05, 4.69) is 5.32 Å². The highest BCUT2D eigenvalue weighted by atomic mass is 32.2. The van der Waals surface area contributed by atoms with Crippen LogP contribution >= 0.6 is 0 Å². The van der Waals surface area contributed by atoms with Gasteiger partial charge in [0, 0.05) is 12.6 Å². The van der Waals surface area contributed by atoms with E-state index in [1.165, 1.54) is 21.3 Å². The Morgan fingerprint density at radius 1 is 0.900 bits per heavy atom. The van der Waals surface area contributed by atoms with Crippen LogP contribution in [0.15, 0.2) is 83.8 Å². The minimum Gasteiger partial charge on any atom is -0.352 e. The summed E-state index contributed by atoms with van der Waals surface area (Å²) >= 11 is 0. The van der Waals surface area contributed by atoms with Gasteiger partial charge in [-0.2, -0.15) is 0 Å². The monoisotopic (exact) mass is 561 g/mol. The molecule has 0 aliphatic heterocycles. The zero-order valence-electron chi connectivity index (χ0n) is 23.5. The third-order valence-corrected chi connectivity index (χ3v) is 9.18. The first-order valence-corrected chi connectivity index (χ1v) is 15.4. The van der Waals surface area contributed by atoms with E-state index in [0.29, 0.717) is 12.1 Å². The zero-order valence-corrected chi connectivity index (χ0v) is 24.4. The number of hydrogen-bond donors (Lipinski definition) is 1. The topological polar surface area (TPSA) is 86.8 Å². The lowest BCUT2D eigenvalue weighted by molar-refractivity contribution is -0.140. The predicted octanol–water partition coefficient (Wildman–Crippen LogP) is 5.36. The maximum Gasteiger partial charge on any atom is 0.264 e. The first-order chi connectivity index (χ1) is 19.2. The normalized spacial score (nSPS) is 14.5. The number of anilines is 1. The number of hydrogen-bond acceptors (Lipinski definition) is 4. The first kappa shape index (κ1) is 29.3. The van der Waals surface area contributed by atoms with E-state index in [1.54, 1.807) is 30.3 Å². The maximum absolute atomic E-state index is 14.2. The molecule has 3 aromatic carbocycles. The van der Waals surface area contributed by atoms with Gasteiger partial charge in [0.05, 0.1) is 10.6 Å². The fourth-order valence-corrected chi connectivity index (χ4v) is 6.83. The van der Waals surface area contributed by atoms with Gasteiger partial charge in [-0.05, 0) is 74.1 Å². The molecule has 0 heterocycles. The van der Waals surface area contributed by atoms with Gasteiger partial charge in [-0.25, -0.2) is 8.42 Å². The largest absolute Gasteiger partial charge is 0.352 e. The van der Waals surface area contributed by atoms with Crippen LogP contribution in [0, 0.1) is 13.8 Å². The molecule has 1 aliphatic rings. The second kappa shape index (κ2) is 13.1. The number of aryl methyl sites for hydroxylation is 2. The lowest BCUT2D eigenvalue weighted by Crippen LogP contribution is -2.53. The summed E-state index contributed by atoms with van der Waals surface area (Å²) < 4.78 is 29.1. The van der Waals surface area contributed by atoms with Crippen molar-refractivity contribution in [3.05, 3.63) is 95.6 Å². The number of amides is 2. The van der Waals surface area contributed by atoms with Gasteiger partial charge in [0.2, 0.25) is 11.8 Å². The second-order valence-corrected chi connectivity index (χ2v) is 12.5. The van der Waals surface area contributed by atoms with E-state index < -0.39 is 28.5 Å². The molecule has 1 N–H and O–H groups in total. The number of nitrogens with zero attached hydrogens (tertiary/aromatic N) is 2. The van der Waals surface area contributed by atoms with Crippen LogP contribution in [0.25, 0.3) is 0 Å². The van der Waals surface area contributed by atoms with Crippen molar-refractivity contribution in [1.29, 1.82) is 0 Å². The van der Waals surface area contributed by atoms with Crippen molar-refractivity contribution in [3.63, 3.8) is 0 Å². The fourth-order valence-electron chi connectivity index (χ4n) is 5.41. The highest BCUT2D eigenvalue weighted by molar-refractivity contribution is 7.92. The zero-order chi connectivity index (χ0) is 28.7. The summed E-state index contributed by atoms with van der Waals surface area (Å²) in [5.74, 6) is -0.626. The van der Waals surface area contributed by atoms with Crippen LogP contribution < -0.4 is 9.62 Å². The van der Waals surface area contributed by atoms with E-state index in [-0.39, 0.29) is 23.4 Å². The molecule has 7 nitrogen and oxygen atoms in total. The van der Waals surface area contributed by atoms with Crippen molar-refractivity contribution in [1.82, 2.24) is 10.2 Å². The molecule has 1 fully saturated rings. The van der Waals surface area contributed by atoms with Crippen molar-refractivity contribution < 1.29 is 18.0 Å². The van der Waals surface area contributed by atoms with Gasteiger partial charge in [-0.1, -0.05) is 74.4 Å². The smallest absolute Gasteiger partial charge is 0.264 e. The van der Waals surface area contributed by atoms with Gasteiger partial charge in [-0.15, -0.1) is 0 Å². The Kier molecular flexibility index (Phi) is 9.63. The summed E-state index contributed by atoms with van der Waals surface area (Å²) in [5, 5.41) is 3.14. The van der Waals surface area contributed by atoms with E-state index in [4.69, 9.17) is 0 Å². The summed E-state index contributed by atoms with van der Waals surface area (Å²) in [7, 11) is -4.08. The number of rotatable bonds is 11. The molecule has 0 aromatic heterocycles. The maximum atomic E-state index is 14.2. The molecule has 1 saturated carbocycles. The van der Waals surface area contributed by atoms with Crippen LogP contribution in [-0.4, -0.2) is 43.8 Å². The molecule has 3 aromatic rings. The van der Waals surface area contributed by atoms with Crippen LogP contribution in [0.5, 0.6) is 0 Å². The van der Waals surface area contributed by atoms with Crippen LogP contribution in [0.3, 0.4) is 0 Å². The molecule has 4 rings (SSSR count). The summed E-state index contributed by atoms with van der Waals surface area (Å²) in [5.41, 5.74) is 3.06. The van der Waals surface area contributed by atoms with Crippen LogP contribution in [-0.2, 0) is 26.2 Å². The molecule has 0 bridgehead atoms. The van der Waals surface area contributed by atoms with Crippen molar-refractivity contribution in [2.75, 3.05) is 10.8 Å². The van der Waals surface area contributed by atoms with E-state index in [9.17, 15) is 18.0 Å². The molecule has 2 amide bonds. The number of carbonyl (C=O) groups is 2. The number of sulfonamides is 1. The van der Waals surface area contributed by atoms with Gasteiger partial charge in [0.15, 0.2) is 0 Å². The SMILES string of the molecule is CC[C@@H](C(=O)NC1CCCC1)N(Cc1ccccc1)C(=O)CN(c1cc(C)cc(C)c1)S(=O)(=O)c1ccccc1. The number of benzene rings is 3. The van der Waals surface area contributed by atoms with Crippen molar-refractivity contribution in [3.8, 4) is 0 Å². The fraction of sp³-hybridized carbons (Fsp3) is 0.375. The Bertz CT molecular complexity index is 1380. The van der Waals surface area contributed by atoms with E-state index in [1.807, 2.05) is 57.2 Å². The Morgan fingerprint density at radius 2 is 1.48 bits per heavy atom. The third kappa shape index (κ3) is 7.10. The van der Waals surface area contributed by atoms with Gasteiger partial charge in [-0.3, -0.25) is 13.9 Å². The highest BCUT2D eigenvalue weighted by Crippen LogP contribution is 2.27. The first-order valence-electron chi connectivity index (χ1n) is 14.0. The molecular formula is C32H39N3O4S. The van der Waals surface area contributed by atoms with Gasteiger partial charge in [0.25, 0.3) is 10.0 Å². The number of carbonyl (C=O) groups excluding carboxylic acids is 2. The van der Waals surface area contributed by atoms with Crippen LogP contribution in [0.4, 0.5) is 5.69 Å². The molecule has 1 atom stereocenters. The molecule has 0 saturated heterocycles. The van der Waals surface area contributed by atoms with Gasteiger partial charge in [0.1, 0.15) is 12.6 Å². The van der Waals surface area contributed by atoms with Crippen molar-refractivity contribution in [2.24, 2.45) is 0 Å². The Morgan fingerprint density at radius 3 is 2.05 bits per heavy atom. The number of nitrogens with one attached hydrogen (secondary N) is 1. The second-order valence-electron chi connectivity index (χ2n) is 10.6. The van der Waals surface area contributed by atoms with E-state index in [0.717, 1.165) is 42.4 Å². The average Bonchev–Trinajstić information content (AvgIpc) is 3.45. The minimum atomic E-state index is -4.08. The molecule has 8 heteroatoms. The van der Waals surface area contributed by atoms with Crippen LogP contribution in [0.2, 0.25) is 0 Å². The lowest BCUT2D eigenvalue weighted by Gasteiger charge is -2.34. The molecule has 0 radical (unpaired) electrons. The van der Waals surface area contributed by atoms with E-state index >= 15 is 0 Å². The minimum absolute atomic E-state index is 0.0996. The summed E-state index contributed by atoms with van der Waals surface area (Å²) in [4.78, 5) is 29.3. The molecule has 40 heavy (non-hydrogen) atoms. The Balaban J connectivity index is 1.72. The third-order valence-electron chi connectivity index (χ3n) is 7.39. The summed E-state index contributed by atoms with van der Waals surface area (Å²) in [6.07, 6.45) is 4.44. The molecule has 0 spiro atoms. The molecule has 212 valence electrons.